The number of hydrogen-bond donors (Lipinski definition) is 0. The maximum absolute atomic E-state index is 11.1. The molecule has 1 heteroatoms. The molecule has 0 atom stereocenters. The Bertz CT molecular complexity index is 55.0. The van der Waals surface area contributed by atoms with Crippen molar-refractivity contribution in [1.29, 1.82) is 0 Å². The fraction of sp³-hybridized carbons (Fsp3) is 0.600. The Morgan fingerprint density at radius 1 is 1.83 bits per heavy atom. The van der Waals surface area contributed by atoms with Gasteiger partial charge in [0.05, 0.1) is 0 Å². The number of halogens is 1. The van der Waals surface area contributed by atoms with Gasteiger partial charge in [0.15, 0.2) is 6.33 Å². The topological polar surface area (TPSA) is 0 Å². The lowest BCUT2D eigenvalue weighted by molar-refractivity contribution is 0.664. The second-order valence-electron chi connectivity index (χ2n) is 1.23. The highest BCUT2D eigenvalue weighted by atomic mass is 19.1. The van der Waals surface area contributed by atoms with E-state index in [9.17, 15) is 4.39 Å². The van der Waals surface area contributed by atoms with E-state index in [-0.39, 0.29) is 0 Å². The van der Waals surface area contributed by atoms with Gasteiger partial charge in [-0.1, -0.05) is 6.92 Å². The van der Waals surface area contributed by atoms with Gasteiger partial charge in [0.25, 0.3) is 0 Å². The van der Waals surface area contributed by atoms with Crippen LogP contribution in [0.1, 0.15) is 20.3 Å². The second kappa shape index (κ2) is 2.88. The Balaban J connectivity index is 3.22. The Labute approximate surface area is 37.7 Å². The average Bonchev–Trinajstić information content (AvgIpc) is 1.65. The SMILES string of the molecule is CC/C(C)=[C]\F. The van der Waals surface area contributed by atoms with Gasteiger partial charge >= 0.3 is 0 Å². The van der Waals surface area contributed by atoms with Crippen LogP contribution in [0, 0.1) is 6.33 Å². The molecule has 0 unspecified atom stereocenters. The fourth-order valence-corrected chi connectivity index (χ4v) is 0.0668. The van der Waals surface area contributed by atoms with Crippen LogP contribution in [0.3, 0.4) is 0 Å². The number of allylic oxidation sites excluding steroid dienone is 1. The molecule has 0 aromatic rings. The van der Waals surface area contributed by atoms with E-state index in [1.54, 1.807) is 6.92 Å². The summed E-state index contributed by atoms with van der Waals surface area (Å²) in [6.07, 6.45) is 2.29. The van der Waals surface area contributed by atoms with Gasteiger partial charge in [-0.2, -0.15) is 0 Å². The molecule has 0 N–H and O–H groups in total. The van der Waals surface area contributed by atoms with Crippen molar-refractivity contribution in [3.8, 4) is 0 Å². The zero-order valence-electron chi connectivity index (χ0n) is 4.09. The Kier molecular flexibility index (Phi) is 2.73. The summed E-state index contributed by atoms with van der Waals surface area (Å²) in [6, 6.07) is 0. The maximum Gasteiger partial charge on any atom is 0.157 e. The quantitative estimate of drug-likeness (QED) is 0.459. The van der Waals surface area contributed by atoms with E-state index in [0.29, 0.717) is 5.57 Å². The van der Waals surface area contributed by atoms with Crippen molar-refractivity contribution in [1.82, 2.24) is 0 Å². The minimum atomic E-state index is 0.676. The van der Waals surface area contributed by atoms with Gasteiger partial charge in [0.2, 0.25) is 0 Å². The molecule has 0 bridgehead atoms. The lowest BCUT2D eigenvalue weighted by Gasteiger charge is -1.81. The van der Waals surface area contributed by atoms with Crippen LogP contribution >= 0.6 is 0 Å². The van der Waals surface area contributed by atoms with Crippen LogP contribution in [-0.4, -0.2) is 0 Å². The molecule has 0 nitrogen and oxygen atoms in total. The molecule has 6 heavy (non-hydrogen) atoms. The molecule has 0 saturated heterocycles. The maximum atomic E-state index is 11.1. The van der Waals surface area contributed by atoms with E-state index in [2.05, 4.69) is 0 Å². The van der Waals surface area contributed by atoms with Crippen molar-refractivity contribution in [2.45, 2.75) is 20.3 Å². The molecule has 35 valence electrons. The predicted molar refractivity (Wildman–Crippen MR) is 23.8 cm³/mol. The first kappa shape index (κ1) is 5.67. The minimum absolute atomic E-state index is 0.676. The van der Waals surface area contributed by atoms with Crippen LogP contribution in [0.15, 0.2) is 5.57 Å². The monoisotopic (exact) mass is 87.1 g/mol. The van der Waals surface area contributed by atoms with Crippen molar-refractivity contribution in [3.05, 3.63) is 11.9 Å². The summed E-state index contributed by atoms with van der Waals surface area (Å²) in [7, 11) is 0. The highest BCUT2D eigenvalue weighted by Gasteiger charge is 1.77. The van der Waals surface area contributed by atoms with E-state index in [4.69, 9.17) is 0 Å². The first-order chi connectivity index (χ1) is 2.81. The molecule has 0 amide bonds. The molecule has 0 heterocycles. The molecule has 0 aromatic carbocycles. The summed E-state index contributed by atoms with van der Waals surface area (Å²) in [4.78, 5) is 0. The lowest BCUT2D eigenvalue weighted by Crippen LogP contribution is -1.63. The average molecular weight is 87.1 g/mol. The number of hydrogen-bond acceptors (Lipinski definition) is 0. The second-order valence-corrected chi connectivity index (χ2v) is 1.23. The van der Waals surface area contributed by atoms with Gasteiger partial charge in [-0.3, -0.25) is 0 Å². The zero-order chi connectivity index (χ0) is 4.99. The standard InChI is InChI=1S/C5H8F/c1-3-5(2)4-6/h3H2,1-2H3. The Morgan fingerprint density at radius 2 is 2.33 bits per heavy atom. The minimum Gasteiger partial charge on any atom is -0.204 e. The van der Waals surface area contributed by atoms with Gasteiger partial charge in [0, 0.05) is 0 Å². The first-order valence-electron chi connectivity index (χ1n) is 2.00. The molecule has 0 aliphatic heterocycles. The van der Waals surface area contributed by atoms with E-state index in [0.717, 1.165) is 6.42 Å². The van der Waals surface area contributed by atoms with Gasteiger partial charge in [-0.25, -0.2) is 4.39 Å². The van der Waals surface area contributed by atoms with E-state index >= 15 is 0 Å². The van der Waals surface area contributed by atoms with Crippen LogP contribution in [0.25, 0.3) is 0 Å². The first-order valence-corrected chi connectivity index (χ1v) is 2.00. The molecule has 0 aliphatic rings. The molecule has 0 rings (SSSR count). The third kappa shape index (κ3) is 1.94. The fourth-order valence-electron chi connectivity index (χ4n) is 0.0668. The summed E-state index contributed by atoms with van der Waals surface area (Å²) in [5, 5.41) is 0. The van der Waals surface area contributed by atoms with Crippen molar-refractivity contribution in [2.75, 3.05) is 0 Å². The Morgan fingerprint density at radius 3 is 2.33 bits per heavy atom. The van der Waals surface area contributed by atoms with Gasteiger partial charge in [-0.15, -0.1) is 0 Å². The van der Waals surface area contributed by atoms with Crippen molar-refractivity contribution in [2.24, 2.45) is 0 Å². The van der Waals surface area contributed by atoms with E-state index in [1.165, 1.54) is 6.33 Å². The summed E-state index contributed by atoms with van der Waals surface area (Å²) >= 11 is 0. The number of rotatable bonds is 1. The highest BCUT2D eigenvalue weighted by molar-refractivity contribution is 4.84. The van der Waals surface area contributed by atoms with Crippen LogP contribution in [-0.2, 0) is 0 Å². The largest absolute Gasteiger partial charge is 0.204 e. The van der Waals surface area contributed by atoms with E-state index in [1.807, 2.05) is 6.92 Å². The molecule has 1 radical (unpaired) electrons. The normalized spacial score (nSPS) is 12.2. The van der Waals surface area contributed by atoms with Gasteiger partial charge in [-0.05, 0) is 18.9 Å². The third-order valence-corrected chi connectivity index (χ3v) is 0.692. The van der Waals surface area contributed by atoms with Crippen LogP contribution < -0.4 is 0 Å². The van der Waals surface area contributed by atoms with Crippen molar-refractivity contribution >= 4 is 0 Å². The Hall–Kier alpha value is -0.330. The van der Waals surface area contributed by atoms with Gasteiger partial charge in [0.1, 0.15) is 0 Å². The van der Waals surface area contributed by atoms with Crippen LogP contribution in [0.4, 0.5) is 4.39 Å². The zero-order valence-corrected chi connectivity index (χ0v) is 4.09. The van der Waals surface area contributed by atoms with Gasteiger partial charge < -0.3 is 0 Å². The van der Waals surface area contributed by atoms with Crippen molar-refractivity contribution < 1.29 is 4.39 Å². The lowest BCUT2D eigenvalue weighted by atomic mass is 10.3. The molecule has 0 spiro atoms. The van der Waals surface area contributed by atoms with Crippen LogP contribution in [0.2, 0.25) is 0 Å². The molecule has 0 saturated carbocycles. The smallest absolute Gasteiger partial charge is 0.157 e. The molecular weight excluding hydrogens is 79.1 g/mol. The molecule has 0 fully saturated rings. The predicted octanol–water partition coefficient (Wildman–Crippen LogP) is 2.07. The summed E-state index contributed by atoms with van der Waals surface area (Å²) in [5.74, 6) is 0. The third-order valence-electron chi connectivity index (χ3n) is 0.692. The van der Waals surface area contributed by atoms with Crippen molar-refractivity contribution in [3.63, 3.8) is 0 Å². The molecule has 0 aromatic heterocycles. The summed E-state index contributed by atoms with van der Waals surface area (Å²) in [5.41, 5.74) is 0.676. The molecular formula is C5H8F. The highest BCUT2D eigenvalue weighted by Crippen LogP contribution is 1.94. The summed E-state index contributed by atoms with van der Waals surface area (Å²) < 4.78 is 11.1. The van der Waals surface area contributed by atoms with Crippen LogP contribution in [0.5, 0.6) is 0 Å². The molecule has 0 aliphatic carbocycles. The summed E-state index contributed by atoms with van der Waals surface area (Å²) in [6.45, 7) is 3.60. The van der Waals surface area contributed by atoms with E-state index < -0.39 is 0 Å².